The Balaban J connectivity index is 1.79. The molecule has 0 radical (unpaired) electrons. The summed E-state index contributed by atoms with van der Waals surface area (Å²) in [6.07, 6.45) is 3.53. The summed E-state index contributed by atoms with van der Waals surface area (Å²) in [5, 5.41) is 11.9. The number of ether oxygens (including phenoxy) is 1. The van der Waals surface area contributed by atoms with Crippen molar-refractivity contribution in [3.05, 3.63) is 0 Å². The molecular weight excluding hydrogens is 246 g/mol. The Morgan fingerprint density at radius 3 is 2.26 bits per heavy atom. The molecule has 3 atom stereocenters. The molecule has 0 bridgehead atoms. The minimum absolute atomic E-state index is 0.0318. The molecule has 0 aromatic carbocycles. The Labute approximate surface area is 113 Å². The summed E-state index contributed by atoms with van der Waals surface area (Å²) in [7, 11) is 0. The Bertz CT molecular complexity index is 349. The van der Waals surface area contributed by atoms with Crippen LogP contribution in [0.4, 0.5) is 0 Å². The number of rotatable bonds is 3. The Kier molecular flexibility index (Phi) is 4.45. The summed E-state index contributed by atoms with van der Waals surface area (Å²) in [4.78, 5) is 23.0. The minimum atomic E-state index is -0.716. The van der Waals surface area contributed by atoms with Crippen molar-refractivity contribution in [3.8, 4) is 0 Å². The molecule has 1 aliphatic carbocycles. The lowest BCUT2D eigenvalue weighted by Crippen LogP contribution is -2.45. The molecule has 3 unspecified atom stereocenters. The molecule has 108 valence electrons. The van der Waals surface area contributed by atoms with Gasteiger partial charge in [0.1, 0.15) is 6.10 Å². The van der Waals surface area contributed by atoms with E-state index in [0.717, 1.165) is 19.3 Å². The lowest BCUT2D eigenvalue weighted by molar-refractivity contribution is -0.143. The summed E-state index contributed by atoms with van der Waals surface area (Å²) in [5.74, 6) is -0.734. The first-order chi connectivity index (χ1) is 8.97. The second kappa shape index (κ2) is 5.90. The van der Waals surface area contributed by atoms with Crippen molar-refractivity contribution in [1.82, 2.24) is 5.32 Å². The van der Waals surface area contributed by atoms with Gasteiger partial charge in [0, 0.05) is 6.04 Å². The molecule has 1 heterocycles. The molecular formula is C14H23NO4. The maximum Gasteiger partial charge on any atom is 0.306 e. The molecule has 1 saturated heterocycles. The zero-order valence-corrected chi connectivity index (χ0v) is 11.6. The molecule has 0 spiro atoms. The number of carbonyl (C=O) groups is 2. The molecule has 1 amide bonds. The maximum absolute atomic E-state index is 12.1. The average Bonchev–Trinajstić information content (AvgIpc) is 2.69. The molecule has 5 heteroatoms. The minimum Gasteiger partial charge on any atom is -0.481 e. The highest BCUT2D eigenvalue weighted by molar-refractivity contribution is 5.81. The topological polar surface area (TPSA) is 75.6 Å². The molecule has 2 rings (SSSR count). The second-order valence-corrected chi connectivity index (χ2v) is 5.98. The van der Waals surface area contributed by atoms with Crippen molar-refractivity contribution in [3.63, 3.8) is 0 Å². The van der Waals surface area contributed by atoms with Crippen LogP contribution >= 0.6 is 0 Å². The van der Waals surface area contributed by atoms with Crippen molar-refractivity contribution >= 4 is 11.9 Å². The molecule has 1 aliphatic heterocycles. The van der Waals surface area contributed by atoms with Gasteiger partial charge in [-0.25, -0.2) is 0 Å². The van der Waals surface area contributed by atoms with Gasteiger partial charge in [-0.3, -0.25) is 9.59 Å². The molecule has 0 aromatic rings. The SMILES string of the molecule is CC1CC(C)C(C(=O)NC2CCC(C(=O)O)CC2)O1. The Hall–Kier alpha value is -1.10. The maximum atomic E-state index is 12.1. The summed E-state index contributed by atoms with van der Waals surface area (Å²) in [6, 6.07) is 0.106. The van der Waals surface area contributed by atoms with Gasteiger partial charge >= 0.3 is 5.97 Å². The summed E-state index contributed by atoms with van der Waals surface area (Å²) in [5.41, 5.74) is 0. The fraction of sp³-hybridized carbons (Fsp3) is 0.857. The van der Waals surface area contributed by atoms with Gasteiger partial charge in [0.2, 0.25) is 5.91 Å². The van der Waals surface area contributed by atoms with Crippen LogP contribution in [0, 0.1) is 11.8 Å². The number of aliphatic carboxylic acids is 1. The van der Waals surface area contributed by atoms with Crippen LogP contribution in [0.1, 0.15) is 46.0 Å². The largest absolute Gasteiger partial charge is 0.481 e. The highest BCUT2D eigenvalue weighted by Gasteiger charge is 2.36. The van der Waals surface area contributed by atoms with Gasteiger partial charge in [-0.2, -0.15) is 0 Å². The lowest BCUT2D eigenvalue weighted by Gasteiger charge is -2.28. The van der Waals surface area contributed by atoms with Crippen LogP contribution in [-0.4, -0.2) is 35.2 Å². The fourth-order valence-corrected chi connectivity index (χ4v) is 3.18. The van der Waals surface area contributed by atoms with E-state index in [2.05, 4.69) is 5.32 Å². The number of hydrogen-bond acceptors (Lipinski definition) is 3. The van der Waals surface area contributed by atoms with Crippen LogP contribution in [-0.2, 0) is 14.3 Å². The summed E-state index contributed by atoms with van der Waals surface area (Å²) in [6.45, 7) is 4.02. The number of carboxylic acids is 1. The number of amides is 1. The van der Waals surface area contributed by atoms with Gasteiger partial charge in [0.25, 0.3) is 0 Å². The van der Waals surface area contributed by atoms with Crippen molar-refractivity contribution in [2.45, 2.75) is 64.2 Å². The van der Waals surface area contributed by atoms with E-state index in [1.807, 2.05) is 13.8 Å². The number of carbonyl (C=O) groups excluding carboxylic acids is 1. The van der Waals surface area contributed by atoms with Crippen molar-refractivity contribution < 1.29 is 19.4 Å². The van der Waals surface area contributed by atoms with E-state index in [9.17, 15) is 9.59 Å². The third kappa shape index (κ3) is 3.47. The van der Waals surface area contributed by atoms with Crippen molar-refractivity contribution in [2.75, 3.05) is 0 Å². The van der Waals surface area contributed by atoms with Crippen LogP contribution < -0.4 is 5.32 Å². The van der Waals surface area contributed by atoms with Crippen LogP contribution in [0.3, 0.4) is 0 Å². The molecule has 1 saturated carbocycles. The zero-order valence-electron chi connectivity index (χ0n) is 11.6. The molecule has 0 aromatic heterocycles. The van der Waals surface area contributed by atoms with E-state index in [1.54, 1.807) is 0 Å². The molecule has 2 fully saturated rings. The van der Waals surface area contributed by atoms with Gasteiger partial charge in [-0.15, -0.1) is 0 Å². The van der Waals surface area contributed by atoms with Gasteiger partial charge in [0.05, 0.1) is 12.0 Å². The van der Waals surface area contributed by atoms with Gasteiger partial charge in [-0.1, -0.05) is 6.92 Å². The normalized spacial score (nSPS) is 38.9. The second-order valence-electron chi connectivity index (χ2n) is 5.98. The first-order valence-corrected chi connectivity index (χ1v) is 7.16. The van der Waals surface area contributed by atoms with Crippen LogP contribution in [0.15, 0.2) is 0 Å². The van der Waals surface area contributed by atoms with E-state index in [4.69, 9.17) is 9.84 Å². The summed E-state index contributed by atoms with van der Waals surface area (Å²) >= 11 is 0. The quantitative estimate of drug-likeness (QED) is 0.815. The van der Waals surface area contributed by atoms with Crippen molar-refractivity contribution in [2.24, 2.45) is 11.8 Å². The number of carboxylic acid groups (broad SMARTS) is 1. The van der Waals surface area contributed by atoms with E-state index in [1.165, 1.54) is 0 Å². The molecule has 2 aliphatic rings. The Morgan fingerprint density at radius 1 is 1.16 bits per heavy atom. The standard InChI is InChI=1S/C14H23NO4/c1-8-7-9(2)19-12(8)13(16)15-11-5-3-10(4-6-11)14(17)18/h8-12H,3-7H2,1-2H3,(H,15,16)(H,17,18). The fourth-order valence-electron chi connectivity index (χ4n) is 3.18. The van der Waals surface area contributed by atoms with Gasteiger partial charge < -0.3 is 15.2 Å². The van der Waals surface area contributed by atoms with Crippen LogP contribution in [0.2, 0.25) is 0 Å². The van der Waals surface area contributed by atoms with Crippen LogP contribution in [0.25, 0.3) is 0 Å². The van der Waals surface area contributed by atoms with E-state index in [0.29, 0.717) is 12.8 Å². The number of hydrogen-bond donors (Lipinski definition) is 2. The first kappa shape index (κ1) is 14.3. The zero-order chi connectivity index (χ0) is 14.0. The highest BCUT2D eigenvalue weighted by Crippen LogP contribution is 2.28. The predicted octanol–water partition coefficient (Wildman–Crippen LogP) is 1.56. The number of nitrogens with one attached hydrogen (secondary N) is 1. The van der Waals surface area contributed by atoms with Gasteiger partial charge in [0.15, 0.2) is 0 Å². The highest BCUT2D eigenvalue weighted by atomic mass is 16.5. The predicted molar refractivity (Wildman–Crippen MR) is 69.6 cm³/mol. The third-order valence-electron chi connectivity index (χ3n) is 4.28. The molecule has 19 heavy (non-hydrogen) atoms. The monoisotopic (exact) mass is 269 g/mol. The third-order valence-corrected chi connectivity index (χ3v) is 4.28. The van der Waals surface area contributed by atoms with E-state index in [-0.39, 0.29) is 36.0 Å². The van der Waals surface area contributed by atoms with Gasteiger partial charge in [-0.05, 0) is 44.9 Å². The smallest absolute Gasteiger partial charge is 0.306 e. The van der Waals surface area contributed by atoms with E-state index < -0.39 is 5.97 Å². The van der Waals surface area contributed by atoms with E-state index >= 15 is 0 Å². The lowest BCUT2D eigenvalue weighted by atomic mass is 9.86. The molecule has 2 N–H and O–H groups in total. The first-order valence-electron chi connectivity index (χ1n) is 7.16. The average molecular weight is 269 g/mol. The van der Waals surface area contributed by atoms with Crippen molar-refractivity contribution in [1.29, 1.82) is 0 Å². The Morgan fingerprint density at radius 2 is 1.79 bits per heavy atom. The van der Waals surface area contributed by atoms with Crippen LogP contribution in [0.5, 0.6) is 0 Å². The summed E-state index contributed by atoms with van der Waals surface area (Å²) < 4.78 is 5.63. The molecule has 5 nitrogen and oxygen atoms in total.